The Hall–Kier alpha value is 0.220. The molecule has 0 saturated heterocycles. The maximum atomic E-state index is 9.51. The van der Waals surface area contributed by atoms with Crippen molar-refractivity contribution in [3.05, 3.63) is 0 Å². The molecule has 0 bridgehead atoms. The molecule has 2 unspecified atom stereocenters. The largest absolute Gasteiger partial charge is 0.345 e. The van der Waals surface area contributed by atoms with Gasteiger partial charge in [-0.05, 0) is 0 Å². The molecule has 0 rings (SSSR count). The Morgan fingerprint density at radius 2 is 1.10 bits per heavy atom. The first kappa shape index (κ1) is 16.7. The van der Waals surface area contributed by atoms with Crippen LogP contribution in [0.1, 0.15) is 0 Å². The number of rotatable bonds is 3. The Morgan fingerprint density at radius 3 is 1.20 bits per heavy atom. The van der Waals surface area contributed by atoms with E-state index in [1.54, 1.807) is 0 Å². The lowest BCUT2D eigenvalue weighted by atomic mass is 14.0. The van der Waals surface area contributed by atoms with Crippen molar-refractivity contribution in [2.45, 2.75) is 0 Å². The highest BCUT2D eigenvalue weighted by Crippen LogP contribution is 2.24. The Morgan fingerprint density at radius 1 is 0.900 bits per heavy atom. The van der Waals surface area contributed by atoms with Crippen molar-refractivity contribution < 1.29 is 28.3 Å². The van der Waals surface area contributed by atoms with Gasteiger partial charge >= 0.3 is 16.5 Å². The van der Waals surface area contributed by atoms with Crippen molar-refractivity contribution >= 4 is 16.5 Å². The predicted octanol–water partition coefficient (Wildman–Crippen LogP) is 0.0226. The maximum absolute atomic E-state index is 9.51. The van der Waals surface area contributed by atoms with Crippen LogP contribution in [0, 0.1) is 0 Å². The van der Waals surface area contributed by atoms with Gasteiger partial charge in [-0.2, -0.15) is 0 Å². The van der Waals surface area contributed by atoms with Crippen LogP contribution in [0.4, 0.5) is 0 Å². The molecule has 0 fully saturated rings. The quantitative estimate of drug-likeness (QED) is 0.278. The van der Waals surface area contributed by atoms with Crippen LogP contribution < -0.4 is 12.3 Å². The van der Waals surface area contributed by atoms with E-state index in [0.29, 0.717) is 0 Å². The minimum atomic E-state index is -3.24. The van der Waals surface area contributed by atoms with Gasteiger partial charge in [-0.3, -0.25) is 9.13 Å². The van der Waals surface area contributed by atoms with Gasteiger partial charge in [-0.15, -0.1) is 9.35 Å². The predicted molar refractivity (Wildman–Crippen MR) is 34.7 cm³/mol. The number of hydrogen-bond acceptors (Lipinski definition) is 6. The minimum absolute atomic E-state index is 0. The SMILES string of the molecule is N.N.O=[PH](O)OO[PH](=O)O. The third kappa shape index (κ3) is 15.7. The summed E-state index contributed by atoms with van der Waals surface area (Å²) in [6.07, 6.45) is 0. The summed E-state index contributed by atoms with van der Waals surface area (Å²) in [7, 11) is -6.47. The van der Waals surface area contributed by atoms with Gasteiger partial charge in [0.1, 0.15) is 0 Å². The molecule has 0 radical (unpaired) electrons. The van der Waals surface area contributed by atoms with Gasteiger partial charge in [0, 0.05) is 0 Å². The van der Waals surface area contributed by atoms with Crippen LogP contribution in [0.25, 0.3) is 0 Å². The summed E-state index contributed by atoms with van der Waals surface area (Å²) in [6.45, 7) is 0. The molecule has 0 aliphatic carbocycles. The minimum Gasteiger partial charge on any atom is -0.344 e. The second kappa shape index (κ2) is 9.22. The Balaban J connectivity index is -0.000000245. The topological polar surface area (TPSA) is 163 Å². The monoisotopic (exact) mass is 196 g/mol. The van der Waals surface area contributed by atoms with E-state index >= 15 is 0 Å². The van der Waals surface area contributed by atoms with Crippen LogP contribution in [0.15, 0.2) is 0 Å². The fourth-order valence-corrected chi connectivity index (χ4v) is 0.642. The molecule has 0 saturated carbocycles. The molecule has 8 N–H and O–H groups in total. The van der Waals surface area contributed by atoms with Gasteiger partial charge in [0.2, 0.25) is 0 Å². The number of hydrogen-bond donors (Lipinski definition) is 4. The molecule has 10 heteroatoms. The highest BCUT2D eigenvalue weighted by Gasteiger charge is 1.94. The summed E-state index contributed by atoms with van der Waals surface area (Å²) < 4.78 is 25.8. The zero-order chi connectivity index (χ0) is 6.57. The van der Waals surface area contributed by atoms with Crippen molar-refractivity contribution in [3.8, 4) is 0 Å². The third-order valence-corrected chi connectivity index (χ3v) is 0.803. The fraction of sp³-hybridized carbons (Fsp3) is 0. The van der Waals surface area contributed by atoms with Crippen LogP contribution in [-0.4, -0.2) is 9.79 Å². The second-order valence-corrected chi connectivity index (χ2v) is 2.10. The van der Waals surface area contributed by atoms with E-state index in [0.717, 1.165) is 0 Å². The van der Waals surface area contributed by atoms with Crippen LogP contribution >= 0.6 is 16.5 Å². The lowest BCUT2D eigenvalue weighted by molar-refractivity contribution is -0.103. The molecule has 0 aromatic rings. The molecular formula is H10N2O6P2. The molecule has 0 spiro atoms. The summed E-state index contributed by atoms with van der Waals surface area (Å²) >= 11 is 0. The van der Waals surface area contributed by atoms with Gasteiger partial charge in [-0.25, -0.2) is 0 Å². The van der Waals surface area contributed by atoms with Crippen LogP contribution in [0.2, 0.25) is 0 Å². The van der Waals surface area contributed by atoms with Gasteiger partial charge in [0.15, 0.2) is 0 Å². The summed E-state index contributed by atoms with van der Waals surface area (Å²) in [4.78, 5) is 15.5. The summed E-state index contributed by atoms with van der Waals surface area (Å²) in [5.41, 5.74) is 0. The Labute approximate surface area is 58.1 Å². The molecule has 0 aromatic heterocycles. The van der Waals surface area contributed by atoms with Crippen LogP contribution in [0.5, 0.6) is 0 Å². The van der Waals surface area contributed by atoms with Gasteiger partial charge in [0.25, 0.3) is 0 Å². The molecular weight excluding hydrogens is 186 g/mol. The van der Waals surface area contributed by atoms with Gasteiger partial charge in [-0.1, -0.05) is 0 Å². The van der Waals surface area contributed by atoms with E-state index in [4.69, 9.17) is 9.79 Å². The molecule has 66 valence electrons. The van der Waals surface area contributed by atoms with E-state index in [9.17, 15) is 9.13 Å². The lowest BCUT2D eigenvalue weighted by Gasteiger charge is -1.90. The van der Waals surface area contributed by atoms with Crippen molar-refractivity contribution in [3.63, 3.8) is 0 Å². The lowest BCUT2D eigenvalue weighted by Crippen LogP contribution is -1.71. The first-order valence-electron chi connectivity index (χ1n) is 1.43. The highest BCUT2D eigenvalue weighted by molar-refractivity contribution is 7.34. The molecule has 0 heterocycles. The molecule has 0 aliphatic heterocycles. The zero-order valence-electron chi connectivity index (χ0n) is 4.94. The first-order chi connectivity index (χ1) is 3.63. The summed E-state index contributed by atoms with van der Waals surface area (Å²) in [5.74, 6) is 0. The van der Waals surface area contributed by atoms with E-state index in [2.05, 4.69) is 9.35 Å². The molecule has 10 heavy (non-hydrogen) atoms. The van der Waals surface area contributed by atoms with E-state index < -0.39 is 16.5 Å². The summed E-state index contributed by atoms with van der Waals surface area (Å²) in [5, 5.41) is 0. The average Bonchev–Trinajstić information content (AvgIpc) is 1.61. The summed E-state index contributed by atoms with van der Waals surface area (Å²) in [6, 6.07) is 0. The smallest absolute Gasteiger partial charge is 0.344 e. The van der Waals surface area contributed by atoms with E-state index in [1.807, 2.05) is 0 Å². The molecule has 0 aromatic carbocycles. The first-order valence-corrected chi connectivity index (χ1v) is 3.96. The zero-order valence-corrected chi connectivity index (χ0v) is 6.94. The van der Waals surface area contributed by atoms with Crippen molar-refractivity contribution in [1.29, 1.82) is 0 Å². The van der Waals surface area contributed by atoms with E-state index in [-0.39, 0.29) is 12.3 Å². The van der Waals surface area contributed by atoms with Crippen molar-refractivity contribution in [1.82, 2.24) is 12.3 Å². The Kier molecular flexibility index (Phi) is 15.4. The third-order valence-electron chi connectivity index (χ3n) is 0.184. The van der Waals surface area contributed by atoms with Gasteiger partial charge < -0.3 is 22.1 Å². The van der Waals surface area contributed by atoms with Crippen LogP contribution in [-0.2, 0) is 18.5 Å². The van der Waals surface area contributed by atoms with Crippen LogP contribution in [0.3, 0.4) is 0 Å². The van der Waals surface area contributed by atoms with E-state index in [1.165, 1.54) is 0 Å². The van der Waals surface area contributed by atoms with Gasteiger partial charge in [0.05, 0.1) is 0 Å². The molecule has 8 nitrogen and oxygen atoms in total. The maximum Gasteiger partial charge on any atom is 0.345 e. The Bertz CT molecular complexity index is 98.3. The molecule has 2 atom stereocenters. The molecule has 0 aliphatic rings. The standard InChI is InChI=1S/2H3N.H4O6P2/c;;1-7(2)5-6-8(3)4/h2*1H3;7-8H,(H,1,2)(H,3,4). The average molecular weight is 196 g/mol. The normalized spacial score (nSPS) is 14.2. The second-order valence-electron chi connectivity index (χ2n) is 0.698. The molecule has 0 amide bonds. The highest BCUT2D eigenvalue weighted by atomic mass is 31.1. The fourth-order valence-electron chi connectivity index (χ4n) is 0.0713. The van der Waals surface area contributed by atoms with Crippen molar-refractivity contribution in [2.24, 2.45) is 0 Å². The van der Waals surface area contributed by atoms with Crippen molar-refractivity contribution in [2.75, 3.05) is 0 Å².